The maximum absolute atomic E-state index is 11.1. The van der Waals surface area contributed by atoms with Crippen LogP contribution < -0.4 is 0 Å². The SMILES string of the molecule is O=C(O)N(CC1CC1)C1CCC(O)CC1. The van der Waals surface area contributed by atoms with Crippen molar-refractivity contribution in [1.29, 1.82) is 0 Å². The molecule has 0 saturated heterocycles. The van der Waals surface area contributed by atoms with Crippen molar-refractivity contribution in [3.63, 3.8) is 0 Å². The Bertz CT molecular complexity index is 232. The highest BCUT2D eigenvalue weighted by atomic mass is 16.4. The first-order valence-electron chi connectivity index (χ1n) is 5.84. The van der Waals surface area contributed by atoms with Crippen molar-refractivity contribution in [2.75, 3.05) is 6.54 Å². The smallest absolute Gasteiger partial charge is 0.407 e. The Labute approximate surface area is 89.9 Å². The van der Waals surface area contributed by atoms with Crippen LogP contribution in [-0.4, -0.2) is 39.9 Å². The Balaban J connectivity index is 1.88. The quantitative estimate of drug-likeness (QED) is 0.749. The van der Waals surface area contributed by atoms with Gasteiger partial charge in [0.2, 0.25) is 0 Å². The van der Waals surface area contributed by atoms with Crippen LogP contribution in [0, 0.1) is 5.92 Å². The van der Waals surface area contributed by atoms with E-state index >= 15 is 0 Å². The van der Waals surface area contributed by atoms with Gasteiger partial charge in [-0.25, -0.2) is 4.79 Å². The summed E-state index contributed by atoms with van der Waals surface area (Å²) in [5, 5.41) is 18.5. The molecule has 2 saturated carbocycles. The fraction of sp³-hybridized carbons (Fsp3) is 0.909. The lowest BCUT2D eigenvalue weighted by molar-refractivity contribution is 0.0670. The molecule has 2 aliphatic rings. The third-order valence-corrected chi connectivity index (χ3v) is 3.50. The van der Waals surface area contributed by atoms with E-state index in [-0.39, 0.29) is 12.1 Å². The van der Waals surface area contributed by atoms with E-state index in [1.54, 1.807) is 4.90 Å². The van der Waals surface area contributed by atoms with Crippen molar-refractivity contribution in [2.24, 2.45) is 5.92 Å². The Morgan fingerprint density at radius 3 is 2.20 bits per heavy atom. The Kier molecular flexibility index (Phi) is 3.14. The summed E-state index contributed by atoms with van der Waals surface area (Å²) in [5.74, 6) is 0.605. The molecule has 0 aromatic heterocycles. The van der Waals surface area contributed by atoms with Gasteiger partial charge in [-0.15, -0.1) is 0 Å². The molecular weight excluding hydrogens is 194 g/mol. The van der Waals surface area contributed by atoms with E-state index in [4.69, 9.17) is 5.11 Å². The Morgan fingerprint density at radius 2 is 1.73 bits per heavy atom. The van der Waals surface area contributed by atoms with Crippen molar-refractivity contribution in [3.8, 4) is 0 Å². The van der Waals surface area contributed by atoms with Gasteiger partial charge in [0.25, 0.3) is 0 Å². The van der Waals surface area contributed by atoms with Gasteiger partial charge in [0.1, 0.15) is 0 Å². The second kappa shape index (κ2) is 4.39. The molecule has 2 aliphatic carbocycles. The predicted octanol–water partition coefficient (Wildman–Crippen LogP) is 1.68. The molecule has 0 aliphatic heterocycles. The average molecular weight is 213 g/mol. The molecule has 86 valence electrons. The molecule has 0 unspecified atom stereocenters. The number of carbonyl (C=O) groups is 1. The molecule has 0 atom stereocenters. The highest BCUT2D eigenvalue weighted by molar-refractivity contribution is 5.65. The summed E-state index contributed by atoms with van der Waals surface area (Å²) in [6.07, 6.45) is 4.50. The molecule has 15 heavy (non-hydrogen) atoms. The number of nitrogens with zero attached hydrogens (tertiary/aromatic N) is 1. The summed E-state index contributed by atoms with van der Waals surface area (Å²) in [5.41, 5.74) is 0. The highest BCUT2D eigenvalue weighted by Crippen LogP contribution is 2.32. The van der Waals surface area contributed by atoms with Gasteiger partial charge in [0.15, 0.2) is 0 Å². The van der Waals surface area contributed by atoms with Crippen LogP contribution in [-0.2, 0) is 0 Å². The molecule has 0 bridgehead atoms. The normalized spacial score (nSPS) is 31.3. The van der Waals surface area contributed by atoms with Crippen molar-refractivity contribution in [1.82, 2.24) is 4.90 Å². The number of carboxylic acid groups (broad SMARTS) is 1. The first-order chi connectivity index (χ1) is 7.16. The van der Waals surface area contributed by atoms with Crippen LogP contribution in [0.3, 0.4) is 0 Å². The summed E-state index contributed by atoms with van der Waals surface area (Å²) in [7, 11) is 0. The number of hydrogen-bond donors (Lipinski definition) is 2. The Morgan fingerprint density at radius 1 is 1.13 bits per heavy atom. The summed E-state index contributed by atoms with van der Waals surface area (Å²) >= 11 is 0. The molecular formula is C11H19NO3. The van der Waals surface area contributed by atoms with Gasteiger partial charge in [-0.05, 0) is 44.4 Å². The van der Waals surface area contributed by atoms with Crippen molar-refractivity contribution in [2.45, 2.75) is 50.7 Å². The monoisotopic (exact) mass is 213 g/mol. The summed E-state index contributed by atoms with van der Waals surface area (Å²) in [6, 6.07) is 0.145. The minimum Gasteiger partial charge on any atom is -0.465 e. The Hall–Kier alpha value is -0.770. The number of aliphatic hydroxyl groups excluding tert-OH is 1. The van der Waals surface area contributed by atoms with E-state index in [9.17, 15) is 9.90 Å². The first-order valence-corrected chi connectivity index (χ1v) is 5.84. The second-order valence-electron chi connectivity index (χ2n) is 4.84. The molecule has 0 aromatic rings. The number of hydrogen-bond acceptors (Lipinski definition) is 2. The van der Waals surface area contributed by atoms with E-state index in [2.05, 4.69) is 0 Å². The van der Waals surface area contributed by atoms with Gasteiger partial charge in [-0.3, -0.25) is 0 Å². The zero-order valence-electron chi connectivity index (χ0n) is 8.93. The lowest BCUT2D eigenvalue weighted by atomic mass is 9.92. The van der Waals surface area contributed by atoms with Crippen LogP contribution in [0.2, 0.25) is 0 Å². The van der Waals surface area contributed by atoms with Crippen LogP contribution in [0.4, 0.5) is 4.79 Å². The van der Waals surface area contributed by atoms with Gasteiger partial charge < -0.3 is 15.1 Å². The predicted molar refractivity (Wildman–Crippen MR) is 55.7 cm³/mol. The van der Waals surface area contributed by atoms with Gasteiger partial charge >= 0.3 is 6.09 Å². The summed E-state index contributed by atoms with van der Waals surface area (Å²) in [6.45, 7) is 0.704. The molecule has 4 nitrogen and oxygen atoms in total. The molecule has 2 N–H and O–H groups in total. The lowest BCUT2D eigenvalue weighted by Crippen LogP contribution is -2.43. The molecule has 0 heterocycles. The molecule has 4 heteroatoms. The van der Waals surface area contributed by atoms with Crippen LogP contribution in [0.15, 0.2) is 0 Å². The number of aliphatic hydroxyl groups is 1. The standard InChI is InChI=1S/C11H19NO3/c13-10-5-3-9(4-6-10)12(11(14)15)7-8-1-2-8/h8-10,13H,1-7H2,(H,14,15). The van der Waals surface area contributed by atoms with E-state index in [0.717, 1.165) is 25.7 Å². The average Bonchev–Trinajstić information content (AvgIpc) is 2.99. The van der Waals surface area contributed by atoms with Gasteiger partial charge in [-0.2, -0.15) is 0 Å². The third-order valence-electron chi connectivity index (χ3n) is 3.50. The second-order valence-corrected chi connectivity index (χ2v) is 4.84. The molecule has 0 radical (unpaired) electrons. The van der Waals surface area contributed by atoms with E-state index in [0.29, 0.717) is 12.5 Å². The minimum atomic E-state index is -0.789. The first kappa shape index (κ1) is 10.7. The summed E-state index contributed by atoms with van der Waals surface area (Å²) < 4.78 is 0. The zero-order valence-corrected chi connectivity index (χ0v) is 8.93. The van der Waals surface area contributed by atoms with Crippen molar-refractivity contribution >= 4 is 6.09 Å². The zero-order chi connectivity index (χ0) is 10.8. The molecule has 0 spiro atoms. The molecule has 0 aromatic carbocycles. The largest absolute Gasteiger partial charge is 0.465 e. The molecule has 2 rings (SSSR count). The highest BCUT2D eigenvalue weighted by Gasteiger charge is 2.32. The van der Waals surface area contributed by atoms with Crippen LogP contribution in [0.1, 0.15) is 38.5 Å². The fourth-order valence-electron chi connectivity index (χ4n) is 2.33. The van der Waals surface area contributed by atoms with Gasteiger partial charge in [0.05, 0.1) is 6.10 Å². The van der Waals surface area contributed by atoms with Crippen LogP contribution >= 0.6 is 0 Å². The van der Waals surface area contributed by atoms with E-state index in [1.807, 2.05) is 0 Å². The van der Waals surface area contributed by atoms with Crippen LogP contribution in [0.25, 0.3) is 0 Å². The molecule has 1 amide bonds. The van der Waals surface area contributed by atoms with Crippen LogP contribution in [0.5, 0.6) is 0 Å². The van der Waals surface area contributed by atoms with E-state index in [1.165, 1.54) is 12.8 Å². The van der Waals surface area contributed by atoms with Gasteiger partial charge in [0, 0.05) is 12.6 Å². The molecule has 2 fully saturated rings. The topological polar surface area (TPSA) is 60.8 Å². The van der Waals surface area contributed by atoms with Gasteiger partial charge in [-0.1, -0.05) is 0 Å². The minimum absolute atomic E-state index is 0.145. The van der Waals surface area contributed by atoms with E-state index < -0.39 is 6.09 Å². The maximum Gasteiger partial charge on any atom is 0.407 e. The fourth-order valence-corrected chi connectivity index (χ4v) is 2.33. The maximum atomic E-state index is 11.1. The summed E-state index contributed by atoms with van der Waals surface area (Å²) in [4.78, 5) is 12.7. The number of amides is 1. The lowest BCUT2D eigenvalue weighted by Gasteiger charge is -2.33. The van der Waals surface area contributed by atoms with Crippen molar-refractivity contribution in [3.05, 3.63) is 0 Å². The van der Waals surface area contributed by atoms with Crippen molar-refractivity contribution < 1.29 is 15.0 Å². The number of rotatable bonds is 3. The third kappa shape index (κ3) is 2.84.